The molecule has 108 valence electrons. The fourth-order valence-electron chi connectivity index (χ4n) is 1.76. The molecule has 5 nitrogen and oxygen atoms in total. The lowest BCUT2D eigenvalue weighted by Crippen LogP contribution is -2.24. The Hall–Kier alpha value is -1.28. The minimum atomic E-state index is -3.56. The predicted octanol–water partition coefficient (Wildman–Crippen LogP) is 1.64. The van der Waals surface area contributed by atoms with Crippen LogP contribution >= 0.6 is 11.3 Å². The average molecular weight is 311 g/mol. The van der Waals surface area contributed by atoms with Crippen molar-refractivity contribution in [2.24, 2.45) is 5.73 Å². The van der Waals surface area contributed by atoms with E-state index in [0.717, 1.165) is 16.3 Å². The summed E-state index contributed by atoms with van der Waals surface area (Å²) in [4.78, 5) is 5.56. The lowest BCUT2D eigenvalue weighted by molar-refractivity contribution is 0.580. The third kappa shape index (κ3) is 3.43. The highest BCUT2D eigenvalue weighted by Gasteiger charge is 2.17. The monoisotopic (exact) mass is 311 g/mol. The first-order valence-corrected chi connectivity index (χ1v) is 8.58. The number of nitrogens with one attached hydrogen (secondary N) is 1. The molecule has 1 aromatic carbocycles. The van der Waals surface area contributed by atoms with Crippen molar-refractivity contribution in [3.8, 4) is 0 Å². The highest BCUT2D eigenvalue weighted by molar-refractivity contribution is 7.89. The van der Waals surface area contributed by atoms with Gasteiger partial charge >= 0.3 is 0 Å². The Morgan fingerprint density at radius 3 is 2.75 bits per heavy atom. The number of thiazole rings is 1. The van der Waals surface area contributed by atoms with Crippen molar-refractivity contribution in [3.63, 3.8) is 0 Å². The predicted molar refractivity (Wildman–Crippen MR) is 79.9 cm³/mol. The fraction of sp³-hybridized carbons (Fsp3) is 0.308. The maximum absolute atomic E-state index is 12.3. The number of benzene rings is 1. The molecule has 0 saturated carbocycles. The van der Waals surface area contributed by atoms with Gasteiger partial charge in [0.05, 0.1) is 11.4 Å². The fourth-order valence-corrected chi connectivity index (χ4v) is 3.89. The third-order valence-corrected chi connectivity index (χ3v) is 5.49. The van der Waals surface area contributed by atoms with Crippen LogP contribution in [-0.4, -0.2) is 13.4 Å². The normalized spacial score (nSPS) is 11.7. The molecule has 0 aliphatic carbocycles. The van der Waals surface area contributed by atoms with E-state index >= 15 is 0 Å². The first kappa shape index (κ1) is 15.1. The summed E-state index contributed by atoms with van der Waals surface area (Å²) >= 11 is 1.52. The van der Waals surface area contributed by atoms with E-state index < -0.39 is 10.0 Å². The standard InChI is InChI=1S/C13H17N3O2S2/c1-2-11-8-15-13(19-11)9-16-20(17,18)12-6-4-3-5-10(12)7-14/h3-6,8,16H,2,7,9,14H2,1H3. The van der Waals surface area contributed by atoms with E-state index in [2.05, 4.69) is 9.71 Å². The van der Waals surface area contributed by atoms with Crippen molar-refractivity contribution in [1.82, 2.24) is 9.71 Å². The summed E-state index contributed by atoms with van der Waals surface area (Å²) in [6.07, 6.45) is 2.68. The van der Waals surface area contributed by atoms with Crippen molar-refractivity contribution in [1.29, 1.82) is 0 Å². The van der Waals surface area contributed by atoms with Crippen molar-refractivity contribution >= 4 is 21.4 Å². The van der Waals surface area contributed by atoms with Gasteiger partial charge in [-0.1, -0.05) is 25.1 Å². The number of hydrogen-bond donors (Lipinski definition) is 2. The molecule has 1 heterocycles. The molecule has 3 N–H and O–H groups in total. The number of aromatic nitrogens is 1. The second kappa shape index (κ2) is 6.45. The molecule has 0 amide bonds. The van der Waals surface area contributed by atoms with Crippen molar-refractivity contribution in [2.45, 2.75) is 31.3 Å². The first-order chi connectivity index (χ1) is 9.56. The number of rotatable bonds is 6. The molecular weight excluding hydrogens is 294 g/mol. The second-order valence-electron chi connectivity index (χ2n) is 4.21. The molecule has 0 bridgehead atoms. The molecule has 2 aromatic rings. The summed E-state index contributed by atoms with van der Waals surface area (Å²) in [5, 5.41) is 0.760. The van der Waals surface area contributed by atoms with E-state index in [1.165, 1.54) is 11.3 Å². The van der Waals surface area contributed by atoms with Crippen LogP contribution in [-0.2, 0) is 29.5 Å². The van der Waals surface area contributed by atoms with Gasteiger partial charge in [-0.05, 0) is 18.1 Å². The largest absolute Gasteiger partial charge is 0.326 e. The van der Waals surface area contributed by atoms with E-state index in [-0.39, 0.29) is 18.0 Å². The van der Waals surface area contributed by atoms with Crippen LogP contribution in [0.1, 0.15) is 22.4 Å². The first-order valence-electron chi connectivity index (χ1n) is 6.28. The van der Waals surface area contributed by atoms with Crippen molar-refractivity contribution < 1.29 is 8.42 Å². The molecule has 0 atom stereocenters. The van der Waals surface area contributed by atoms with E-state index in [9.17, 15) is 8.42 Å². The van der Waals surface area contributed by atoms with Gasteiger partial charge in [0.15, 0.2) is 0 Å². The lowest BCUT2D eigenvalue weighted by atomic mass is 10.2. The topological polar surface area (TPSA) is 85.1 Å². The summed E-state index contributed by atoms with van der Waals surface area (Å²) in [6, 6.07) is 6.73. The van der Waals surface area contributed by atoms with E-state index in [1.807, 2.05) is 6.92 Å². The summed E-state index contributed by atoms with van der Waals surface area (Å²) in [6.45, 7) is 2.43. The number of nitrogens with zero attached hydrogens (tertiary/aromatic N) is 1. The average Bonchev–Trinajstić information content (AvgIpc) is 2.93. The smallest absolute Gasteiger partial charge is 0.241 e. The highest BCUT2D eigenvalue weighted by atomic mass is 32.2. The van der Waals surface area contributed by atoms with Gasteiger partial charge in [0.1, 0.15) is 5.01 Å². The van der Waals surface area contributed by atoms with E-state index in [4.69, 9.17) is 5.73 Å². The van der Waals surface area contributed by atoms with Gasteiger partial charge in [0, 0.05) is 17.6 Å². The number of aryl methyl sites for hydroxylation is 1. The van der Waals surface area contributed by atoms with Gasteiger partial charge in [0.25, 0.3) is 0 Å². The lowest BCUT2D eigenvalue weighted by Gasteiger charge is -2.09. The Bertz CT molecular complexity index is 680. The van der Waals surface area contributed by atoms with Gasteiger partial charge in [-0.3, -0.25) is 0 Å². The summed E-state index contributed by atoms with van der Waals surface area (Å²) < 4.78 is 27.1. The Morgan fingerprint density at radius 1 is 1.35 bits per heavy atom. The number of sulfonamides is 1. The van der Waals surface area contributed by atoms with Crippen LogP contribution in [0.3, 0.4) is 0 Å². The van der Waals surface area contributed by atoms with E-state index in [0.29, 0.717) is 5.56 Å². The van der Waals surface area contributed by atoms with Crippen LogP contribution in [0.15, 0.2) is 35.4 Å². The van der Waals surface area contributed by atoms with Crippen LogP contribution < -0.4 is 10.5 Å². The number of nitrogens with two attached hydrogens (primary N) is 1. The molecular formula is C13H17N3O2S2. The molecule has 7 heteroatoms. The molecule has 0 fully saturated rings. The molecule has 2 rings (SSSR count). The SMILES string of the molecule is CCc1cnc(CNS(=O)(=O)c2ccccc2CN)s1. The highest BCUT2D eigenvalue weighted by Crippen LogP contribution is 2.17. The van der Waals surface area contributed by atoms with Gasteiger partial charge in [-0.2, -0.15) is 0 Å². The van der Waals surface area contributed by atoms with Crippen LogP contribution in [0.5, 0.6) is 0 Å². The Kier molecular flexibility index (Phi) is 4.87. The van der Waals surface area contributed by atoms with E-state index in [1.54, 1.807) is 30.5 Å². The molecule has 0 saturated heterocycles. The van der Waals surface area contributed by atoms with Crippen LogP contribution in [0.2, 0.25) is 0 Å². The summed E-state index contributed by atoms with van der Waals surface area (Å²) in [7, 11) is -3.56. The van der Waals surface area contributed by atoms with Gasteiger partial charge in [-0.25, -0.2) is 18.1 Å². The minimum Gasteiger partial charge on any atom is -0.326 e. The third-order valence-electron chi connectivity index (χ3n) is 2.85. The quantitative estimate of drug-likeness (QED) is 0.849. The zero-order chi connectivity index (χ0) is 14.6. The molecule has 0 spiro atoms. The molecule has 20 heavy (non-hydrogen) atoms. The molecule has 0 aliphatic rings. The zero-order valence-corrected chi connectivity index (χ0v) is 12.8. The van der Waals surface area contributed by atoms with Crippen molar-refractivity contribution in [3.05, 3.63) is 45.9 Å². The van der Waals surface area contributed by atoms with Gasteiger partial charge in [-0.15, -0.1) is 11.3 Å². The maximum Gasteiger partial charge on any atom is 0.241 e. The van der Waals surface area contributed by atoms with Gasteiger partial charge < -0.3 is 5.73 Å². The zero-order valence-electron chi connectivity index (χ0n) is 11.2. The van der Waals surface area contributed by atoms with Crippen LogP contribution in [0.25, 0.3) is 0 Å². The Labute approximate surface area is 122 Å². The Morgan fingerprint density at radius 2 is 2.10 bits per heavy atom. The van der Waals surface area contributed by atoms with Crippen LogP contribution in [0.4, 0.5) is 0 Å². The molecule has 0 radical (unpaired) electrons. The Balaban J connectivity index is 2.15. The maximum atomic E-state index is 12.3. The summed E-state index contributed by atoms with van der Waals surface area (Å²) in [5.41, 5.74) is 6.18. The van der Waals surface area contributed by atoms with Crippen LogP contribution in [0, 0.1) is 0 Å². The summed E-state index contributed by atoms with van der Waals surface area (Å²) in [5.74, 6) is 0. The molecule has 1 aromatic heterocycles. The second-order valence-corrected chi connectivity index (χ2v) is 7.15. The minimum absolute atomic E-state index is 0.189. The molecule has 0 unspecified atom stereocenters. The molecule has 0 aliphatic heterocycles. The number of hydrogen-bond acceptors (Lipinski definition) is 5. The van der Waals surface area contributed by atoms with Crippen molar-refractivity contribution in [2.75, 3.05) is 0 Å². The van der Waals surface area contributed by atoms with Gasteiger partial charge in [0.2, 0.25) is 10.0 Å².